The molecule has 2 aliphatic carbocycles. The van der Waals surface area contributed by atoms with Crippen LogP contribution in [0.4, 0.5) is 0 Å². The fraction of sp³-hybridized carbons (Fsp3) is 0.500. The van der Waals surface area contributed by atoms with Crippen LogP contribution in [0, 0.1) is 0 Å². The third-order valence-electron chi connectivity index (χ3n) is 11.9. The van der Waals surface area contributed by atoms with Gasteiger partial charge in [-0.1, -0.05) is 25.3 Å². The Bertz CT molecular complexity index is 2260. The fourth-order valence-corrected chi connectivity index (χ4v) is 9.35. The molecule has 292 valence electrons. The number of rotatable bonds is 10. The SMILES string of the molecule is COC[C@H]1CN(C(=O)c2cnn(C3CCC3)c2C2=Cc3cc(OC)ccc3-c3c(C4CCCCC4)c4ccc(C(=O)NS(=O)(=O)C(C)C)cc4n3C2)CCO1. The summed E-state index contributed by atoms with van der Waals surface area (Å²) in [4.78, 5) is 30.0. The third kappa shape index (κ3) is 6.99. The van der Waals surface area contributed by atoms with E-state index in [-0.39, 0.29) is 23.6 Å². The van der Waals surface area contributed by atoms with Gasteiger partial charge in [0.25, 0.3) is 11.8 Å². The summed E-state index contributed by atoms with van der Waals surface area (Å²) in [6.07, 6.45) is 12.4. The normalized spacial score (nSPS) is 19.4. The van der Waals surface area contributed by atoms with Crippen molar-refractivity contribution < 1.29 is 32.2 Å². The van der Waals surface area contributed by atoms with Crippen molar-refractivity contribution in [1.29, 1.82) is 0 Å². The molecular formula is C42H51N5O7S. The molecule has 4 aliphatic rings. The topological polar surface area (TPSA) is 134 Å². The van der Waals surface area contributed by atoms with E-state index >= 15 is 0 Å². The Morgan fingerprint density at radius 2 is 1.80 bits per heavy atom. The number of aromatic nitrogens is 3. The van der Waals surface area contributed by atoms with Crippen molar-refractivity contribution in [2.45, 2.75) is 95.1 Å². The Balaban J connectivity index is 1.33. The average molecular weight is 770 g/mol. The number of fused-ring (bicyclic) bond motifs is 5. The predicted octanol–water partition coefficient (Wildman–Crippen LogP) is 6.80. The molecule has 1 N–H and O–H groups in total. The molecule has 4 aromatic rings. The molecule has 13 heteroatoms. The second-order valence-electron chi connectivity index (χ2n) is 15.7. The van der Waals surface area contributed by atoms with Gasteiger partial charge in [0.1, 0.15) is 5.75 Å². The summed E-state index contributed by atoms with van der Waals surface area (Å²) in [6.45, 7) is 5.23. The monoisotopic (exact) mass is 769 g/mol. The number of sulfonamides is 1. The van der Waals surface area contributed by atoms with Gasteiger partial charge in [-0.2, -0.15) is 5.10 Å². The summed E-state index contributed by atoms with van der Waals surface area (Å²) in [5, 5.41) is 5.21. The van der Waals surface area contributed by atoms with Gasteiger partial charge in [0.15, 0.2) is 0 Å². The highest BCUT2D eigenvalue weighted by Crippen LogP contribution is 2.48. The maximum absolute atomic E-state index is 14.6. The lowest BCUT2D eigenvalue weighted by Gasteiger charge is -2.33. The highest BCUT2D eigenvalue weighted by molar-refractivity contribution is 7.90. The van der Waals surface area contributed by atoms with E-state index in [1.165, 1.54) is 12.0 Å². The molecule has 1 saturated heterocycles. The second kappa shape index (κ2) is 15.2. The number of amides is 2. The molecular weight excluding hydrogens is 719 g/mol. The highest BCUT2D eigenvalue weighted by Gasteiger charge is 2.35. The fourth-order valence-electron chi connectivity index (χ4n) is 8.74. The molecule has 2 aromatic heterocycles. The van der Waals surface area contributed by atoms with Gasteiger partial charge in [0, 0.05) is 42.2 Å². The zero-order chi connectivity index (χ0) is 38.4. The molecule has 4 heterocycles. The number of carbonyl (C=O) groups is 2. The van der Waals surface area contributed by atoms with Gasteiger partial charge >= 0.3 is 0 Å². The lowest BCUT2D eigenvalue weighted by Crippen LogP contribution is -2.47. The minimum absolute atomic E-state index is 0.0909. The van der Waals surface area contributed by atoms with Crippen LogP contribution >= 0.6 is 0 Å². The first-order valence-corrected chi connectivity index (χ1v) is 21.2. The van der Waals surface area contributed by atoms with E-state index in [1.54, 1.807) is 40.3 Å². The standard InChI is InChI=1S/C42H51N5O7S/c1-26(2)55(50,51)44-41(48)28-13-15-35-37(21-28)46-23-30(19-29-20-32(53-4)14-16-34(29)40(46)38(35)27-9-6-5-7-10-27)39-36(22-43-47(39)31-11-8-12-31)42(49)45-17-18-54-33(24-45)25-52-3/h13-16,19-22,26-27,31,33H,5-12,17-18,23-25H2,1-4H3,(H,44,48)/t33-/m1/s1. The zero-order valence-electron chi connectivity index (χ0n) is 32.2. The molecule has 12 nitrogen and oxygen atoms in total. The highest BCUT2D eigenvalue weighted by atomic mass is 32.2. The Morgan fingerprint density at radius 1 is 1.00 bits per heavy atom. The number of morpholine rings is 1. The van der Waals surface area contributed by atoms with Gasteiger partial charge < -0.3 is 23.7 Å². The maximum atomic E-state index is 14.6. The van der Waals surface area contributed by atoms with Crippen LogP contribution in [-0.2, 0) is 26.0 Å². The Hall–Kier alpha value is -4.46. The molecule has 0 spiro atoms. The minimum atomic E-state index is -3.85. The number of hydrogen-bond acceptors (Lipinski definition) is 8. The molecule has 0 bridgehead atoms. The average Bonchev–Trinajstić information content (AvgIpc) is 3.67. The molecule has 2 aromatic carbocycles. The van der Waals surface area contributed by atoms with E-state index in [9.17, 15) is 18.0 Å². The summed E-state index contributed by atoms with van der Waals surface area (Å²) in [5.74, 6) is 0.286. The lowest BCUT2D eigenvalue weighted by atomic mass is 9.81. The number of allylic oxidation sites excluding steroid dienone is 1. The summed E-state index contributed by atoms with van der Waals surface area (Å²) in [7, 11) is -0.541. The van der Waals surface area contributed by atoms with Gasteiger partial charge in [-0.25, -0.2) is 13.1 Å². The summed E-state index contributed by atoms with van der Waals surface area (Å²) in [5.41, 5.74) is 7.72. The quantitative estimate of drug-likeness (QED) is 0.186. The Kier molecular flexibility index (Phi) is 10.4. The molecule has 2 saturated carbocycles. The molecule has 2 amide bonds. The van der Waals surface area contributed by atoms with Crippen molar-refractivity contribution in [3.05, 3.63) is 70.5 Å². The number of hydrogen-bond donors (Lipinski definition) is 1. The zero-order valence-corrected chi connectivity index (χ0v) is 33.0. The Morgan fingerprint density at radius 3 is 2.51 bits per heavy atom. The Labute approximate surface area is 322 Å². The molecule has 1 atom stereocenters. The van der Waals surface area contributed by atoms with Gasteiger partial charge in [-0.05, 0) is 105 Å². The van der Waals surface area contributed by atoms with Crippen LogP contribution in [0.15, 0.2) is 42.6 Å². The summed E-state index contributed by atoms with van der Waals surface area (Å²) in [6, 6.07) is 11.9. The first-order chi connectivity index (χ1) is 26.6. The first-order valence-electron chi connectivity index (χ1n) is 19.7. The van der Waals surface area contributed by atoms with E-state index in [2.05, 4.69) is 32.2 Å². The first kappa shape index (κ1) is 37.5. The maximum Gasteiger partial charge on any atom is 0.264 e. The van der Waals surface area contributed by atoms with Crippen LogP contribution in [-0.4, -0.2) is 91.4 Å². The van der Waals surface area contributed by atoms with Gasteiger partial charge in [0.05, 0.1) is 67.4 Å². The van der Waals surface area contributed by atoms with Crippen molar-refractivity contribution in [3.8, 4) is 17.0 Å². The smallest absolute Gasteiger partial charge is 0.264 e. The van der Waals surface area contributed by atoms with E-state index in [4.69, 9.17) is 19.3 Å². The number of carbonyl (C=O) groups excluding carboxylic acids is 2. The molecule has 55 heavy (non-hydrogen) atoms. The van der Waals surface area contributed by atoms with E-state index in [0.29, 0.717) is 44.3 Å². The summed E-state index contributed by atoms with van der Waals surface area (Å²) >= 11 is 0. The van der Waals surface area contributed by atoms with Crippen molar-refractivity contribution in [2.75, 3.05) is 40.5 Å². The number of ether oxygens (including phenoxy) is 3. The van der Waals surface area contributed by atoms with Crippen LogP contribution in [0.5, 0.6) is 5.75 Å². The van der Waals surface area contributed by atoms with E-state index in [0.717, 1.165) is 89.7 Å². The lowest BCUT2D eigenvalue weighted by molar-refractivity contribution is -0.0531. The number of benzene rings is 2. The van der Waals surface area contributed by atoms with Crippen molar-refractivity contribution >= 4 is 44.4 Å². The van der Waals surface area contributed by atoms with Crippen molar-refractivity contribution in [3.63, 3.8) is 0 Å². The van der Waals surface area contributed by atoms with E-state index in [1.807, 2.05) is 23.1 Å². The number of nitrogens with zero attached hydrogens (tertiary/aromatic N) is 4. The molecule has 0 unspecified atom stereocenters. The van der Waals surface area contributed by atoms with Crippen molar-refractivity contribution in [1.82, 2.24) is 24.0 Å². The van der Waals surface area contributed by atoms with Gasteiger partial charge in [-0.3, -0.25) is 14.3 Å². The molecule has 3 fully saturated rings. The molecule has 8 rings (SSSR count). The third-order valence-corrected chi connectivity index (χ3v) is 13.6. The van der Waals surface area contributed by atoms with Gasteiger partial charge in [-0.15, -0.1) is 0 Å². The van der Waals surface area contributed by atoms with Crippen LogP contribution in [0.1, 0.15) is 115 Å². The second-order valence-corrected chi connectivity index (χ2v) is 17.9. The minimum Gasteiger partial charge on any atom is -0.497 e. The van der Waals surface area contributed by atoms with Gasteiger partial charge in [0.2, 0.25) is 10.0 Å². The van der Waals surface area contributed by atoms with Crippen LogP contribution in [0.25, 0.3) is 33.8 Å². The van der Waals surface area contributed by atoms with Crippen LogP contribution in [0.3, 0.4) is 0 Å². The van der Waals surface area contributed by atoms with Crippen LogP contribution in [0.2, 0.25) is 0 Å². The summed E-state index contributed by atoms with van der Waals surface area (Å²) < 4.78 is 49.2. The van der Waals surface area contributed by atoms with Crippen molar-refractivity contribution in [2.24, 2.45) is 0 Å². The van der Waals surface area contributed by atoms with Crippen LogP contribution < -0.4 is 9.46 Å². The van der Waals surface area contributed by atoms with E-state index < -0.39 is 21.2 Å². The number of nitrogens with one attached hydrogen (secondary N) is 1. The molecule has 2 aliphatic heterocycles. The largest absolute Gasteiger partial charge is 0.497 e. The molecule has 0 radical (unpaired) electrons. The number of methoxy groups -OCH3 is 2. The predicted molar refractivity (Wildman–Crippen MR) is 212 cm³/mol.